The van der Waals surface area contributed by atoms with Gasteiger partial charge in [0, 0.05) is 38.2 Å². The van der Waals surface area contributed by atoms with Crippen LogP contribution >= 0.6 is 0 Å². The highest BCUT2D eigenvalue weighted by Crippen LogP contribution is 2.36. The van der Waals surface area contributed by atoms with E-state index in [0.717, 1.165) is 18.4 Å². The number of carbonyl (C=O) groups is 2. The van der Waals surface area contributed by atoms with E-state index in [0.29, 0.717) is 18.7 Å². The summed E-state index contributed by atoms with van der Waals surface area (Å²) in [6.45, 7) is 0.793. The zero-order chi connectivity index (χ0) is 25.7. The summed E-state index contributed by atoms with van der Waals surface area (Å²) in [5.41, 5.74) is 0.895. The van der Waals surface area contributed by atoms with Crippen molar-refractivity contribution in [1.82, 2.24) is 14.5 Å². The molecule has 1 aliphatic heterocycles. The summed E-state index contributed by atoms with van der Waals surface area (Å²) in [5.74, 6) is 0.386. The number of hydrogen-bond donors (Lipinski definition) is 1. The van der Waals surface area contributed by atoms with Gasteiger partial charge in [0.05, 0.1) is 26.7 Å². The Morgan fingerprint density at radius 2 is 1.75 bits per heavy atom. The van der Waals surface area contributed by atoms with Crippen LogP contribution in [0.5, 0.6) is 11.5 Å². The molecule has 0 spiro atoms. The van der Waals surface area contributed by atoms with E-state index in [-0.39, 0.29) is 54.4 Å². The monoisotopic (exact) mass is 515 g/mol. The Labute approximate surface area is 212 Å². The molecule has 2 aromatic carbocycles. The molecule has 1 saturated carbocycles. The molecule has 1 aliphatic carbocycles. The van der Waals surface area contributed by atoms with E-state index in [9.17, 15) is 18.0 Å². The van der Waals surface area contributed by atoms with Gasteiger partial charge in [-0.2, -0.15) is 4.31 Å². The fraction of sp³-hybridized carbons (Fsp3) is 0.462. The van der Waals surface area contributed by atoms with Gasteiger partial charge in [-0.05, 0) is 37.0 Å². The summed E-state index contributed by atoms with van der Waals surface area (Å²) in [5, 5.41) is 2.85. The van der Waals surface area contributed by atoms with Gasteiger partial charge in [0.1, 0.15) is 16.4 Å². The molecule has 1 atom stereocenters. The zero-order valence-electron chi connectivity index (χ0n) is 20.7. The third-order valence-corrected chi connectivity index (χ3v) is 8.55. The first-order valence-electron chi connectivity index (χ1n) is 12.2. The molecule has 1 N–H and O–H groups in total. The molecule has 10 heteroatoms. The molecule has 2 aromatic rings. The predicted molar refractivity (Wildman–Crippen MR) is 134 cm³/mol. The lowest BCUT2D eigenvalue weighted by molar-refractivity contribution is -0.136. The first-order chi connectivity index (χ1) is 17.3. The zero-order valence-corrected chi connectivity index (χ0v) is 21.5. The number of rotatable bonds is 6. The minimum atomic E-state index is -3.97. The molecular weight excluding hydrogens is 482 g/mol. The number of sulfonamides is 1. The van der Waals surface area contributed by atoms with Crippen molar-refractivity contribution in [1.29, 1.82) is 0 Å². The van der Waals surface area contributed by atoms with Crippen LogP contribution in [0.4, 0.5) is 0 Å². The first kappa shape index (κ1) is 26.0. The molecule has 0 aromatic heterocycles. The number of amides is 2. The SMILES string of the molecule is COc1ccc(OC)c(S(=O)(=O)N2CCCN(C(=O)C3CC3)C(c3ccccc3)CC(=O)NCC2)c1. The molecule has 2 aliphatic rings. The molecule has 0 bridgehead atoms. The highest BCUT2D eigenvalue weighted by Gasteiger charge is 2.38. The lowest BCUT2D eigenvalue weighted by atomic mass is 10.0. The number of hydrogen-bond acceptors (Lipinski definition) is 6. The van der Waals surface area contributed by atoms with E-state index >= 15 is 0 Å². The average molecular weight is 516 g/mol. The van der Waals surface area contributed by atoms with Crippen LogP contribution in [0, 0.1) is 5.92 Å². The van der Waals surface area contributed by atoms with Gasteiger partial charge in [-0.25, -0.2) is 8.42 Å². The third-order valence-electron chi connectivity index (χ3n) is 6.63. The van der Waals surface area contributed by atoms with Crippen LogP contribution in [0.25, 0.3) is 0 Å². The van der Waals surface area contributed by atoms with Gasteiger partial charge >= 0.3 is 0 Å². The number of benzene rings is 2. The standard InChI is InChI=1S/C26H33N3O6S/c1-34-21-11-12-23(35-2)24(17-21)36(32,33)28-14-6-15-29(26(31)20-9-10-20)22(18-25(30)27-13-16-28)19-7-4-3-5-8-19/h3-5,7-8,11-12,17,20,22H,6,9-10,13-16,18H2,1-2H3,(H,27,30). The van der Waals surface area contributed by atoms with Crippen molar-refractivity contribution >= 4 is 21.8 Å². The van der Waals surface area contributed by atoms with E-state index in [4.69, 9.17) is 9.47 Å². The van der Waals surface area contributed by atoms with Crippen LogP contribution in [0.2, 0.25) is 0 Å². The Hall–Kier alpha value is -3.11. The van der Waals surface area contributed by atoms with Crippen LogP contribution in [0.15, 0.2) is 53.4 Å². The van der Waals surface area contributed by atoms with E-state index < -0.39 is 16.1 Å². The van der Waals surface area contributed by atoms with Gasteiger partial charge in [0.2, 0.25) is 21.8 Å². The van der Waals surface area contributed by atoms with Crippen LogP contribution < -0.4 is 14.8 Å². The minimum Gasteiger partial charge on any atom is -0.497 e. The molecule has 4 rings (SSSR count). The maximum atomic E-state index is 13.7. The van der Waals surface area contributed by atoms with Gasteiger partial charge in [-0.1, -0.05) is 30.3 Å². The van der Waals surface area contributed by atoms with Crippen molar-refractivity contribution < 1.29 is 27.5 Å². The molecule has 2 amide bonds. The highest BCUT2D eigenvalue weighted by atomic mass is 32.2. The van der Waals surface area contributed by atoms with Crippen LogP contribution in [-0.4, -0.2) is 69.8 Å². The van der Waals surface area contributed by atoms with Gasteiger partial charge in [-0.15, -0.1) is 0 Å². The van der Waals surface area contributed by atoms with E-state index in [1.165, 1.54) is 24.6 Å². The molecule has 194 valence electrons. The van der Waals surface area contributed by atoms with Crippen molar-refractivity contribution in [2.45, 2.75) is 36.6 Å². The number of methoxy groups -OCH3 is 2. The largest absolute Gasteiger partial charge is 0.497 e. The van der Waals surface area contributed by atoms with E-state index in [2.05, 4.69) is 5.32 Å². The van der Waals surface area contributed by atoms with Gasteiger partial charge in [0.25, 0.3) is 0 Å². The summed E-state index contributed by atoms with van der Waals surface area (Å²) < 4.78 is 39.3. The van der Waals surface area contributed by atoms with Crippen LogP contribution in [0.3, 0.4) is 0 Å². The molecular formula is C26H33N3O6S. The Morgan fingerprint density at radius 1 is 1.00 bits per heavy atom. The van der Waals surface area contributed by atoms with E-state index in [1.807, 2.05) is 30.3 Å². The summed E-state index contributed by atoms with van der Waals surface area (Å²) in [4.78, 5) is 28.0. The van der Waals surface area contributed by atoms with E-state index in [1.54, 1.807) is 17.0 Å². The first-order valence-corrected chi connectivity index (χ1v) is 13.6. The minimum absolute atomic E-state index is 0.00127. The molecule has 36 heavy (non-hydrogen) atoms. The number of nitrogens with zero attached hydrogens (tertiary/aromatic N) is 2. The fourth-order valence-electron chi connectivity index (χ4n) is 4.53. The summed E-state index contributed by atoms with van der Waals surface area (Å²) in [6.07, 6.45) is 2.25. The normalized spacial score (nSPS) is 20.2. The van der Waals surface area contributed by atoms with Crippen LogP contribution in [-0.2, 0) is 19.6 Å². The molecule has 1 saturated heterocycles. The second-order valence-corrected chi connectivity index (χ2v) is 11.0. The molecule has 1 heterocycles. The summed E-state index contributed by atoms with van der Waals surface area (Å²) in [6, 6.07) is 13.8. The van der Waals surface area contributed by atoms with Crippen molar-refractivity contribution in [2.75, 3.05) is 40.4 Å². The van der Waals surface area contributed by atoms with Gasteiger partial charge in [-0.3, -0.25) is 9.59 Å². The Balaban J connectivity index is 1.63. The fourth-order valence-corrected chi connectivity index (χ4v) is 6.18. The average Bonchev–Trinajstić information content (AvgIpc) is 3.74. The van der Waals surface area contributed by atoms with Crippen molar-refractivity contribution in [3.05, 3.63) is 54.1 Å². The van der Waals surface area contributed by atoms with Crippen molar-refractivity contribution in [3.8, 4) is 11.5 Å². The molecule has 0 radical (unpaired) electrons. The highest BCUT2D eigenvalue weighted by molar-refractivity contribution is 7.89. The molecule has 9 nitrogen and oxygen atoms in total. The van der Waals surface area contributed by atoms with Gasteiger partial charge in [0.15, 0.2) is 0 Å². The topological polar surface area (TPSA) is 105 Å². The maximum absolute atomic E-state index is 13.7. The lowest BCUT2D eigenvalue weighted by Gasteiger charge is -2.32. The second kappa shape index (κ2) is 11.3. The van der Waals surface area contributed by atoms with Gasteiger partial charge < -0.3 is 19.7 Å². The molecule has 1 unspecified atom stereocenters. The van der Waals surface area contributed by atoms with Crippen LogP contribution in [0.1, 0.15) is 37.3 Å². The maximum Gasteiger partial charge on any atom is 0.246 e. The lowest BCUT2D eigenvalue weighted by Crippen LogP contribution is -2.39. The quantitative estimate of drug-likeness (QED) is 0.634. The van der Waals surface area contributed by atoms with Crippen molar-refractivity contribution in [2.24, 2.45) is 5.92 Å². The smallest absolute Gasteiger partial charge is 0.246 e. The summed E-state index contributed by atoms with van der Waals surface area (Å²) in [7, 11) is -1.08. The number of nitrogens with one attached hydrogen (secondary N) is 1. The van der Waals surface area contributed by atoms with Crippen molar-refractivity contribution in [3.63, 3.8) is 0 Å². The third kappa shape index (κ3) is 5.82. The predicted octanol–water partition coefficient (Wildman–Crippen LogP) is 2.58. The Bertz CT molecular complexity index is 1180. The number of ether oxygens (including phenoxy) is 2. The number of carbonyl (C=O) groups excluding carboxylic acids is 2. The second-order valence-electron chi connectivity index (χ2n) is 9.06. The summed E-state index contributed by atoms with van der Waals surface area (Å²) >= 11 is 0. The Morgan fingerprint density at radius 3 is 2.42 bits per heavy atom. The Kier molecular flexibility index (Phi) is 8.15. The molecule has 2 fully saturated rings.